The lowest BCUT2D eigenvalue weighted by atomic mass is 9.88. The molecule has 1 saturated carbocycles. The van der Waals surface area contributed by atoms with Crippen molar-refractivity contribution in [2.45, 2.75) is 45.6 Å². The van der Waals surface area contributed by atoms with Gasteiger partial charge >= 0.3 is 0 Å². The van der Waals surface area contributed by atoms with Crippen LogP contribution < -0.4 is 0 Å². The molecule has 1 aromatic rings. The SMILES string of the molecule is CCN(Cc1ccccc1)C(=O)C1CCCCC1. The highest BCUT2D eigenvalue weighted by atomic mass is 16.2. The van der Waals surface area contributed by atoms with Crippen molar-refractivity contribution in [2.75, 3.05) is 6.54 Å². The number of amides is 1. The Kier molecular flexibility index (Phi) is 4.80. The Balaban J connectivity index is 1.97. The maximum Gasteiger partial charge on any atom is 0.225 e. The van der Waals surface area contributed by atoms with E-state index >= 15 is 0 Å². The molecule has 1 aliphatic rings. The Morgan fingerprint density at radius 3 is 2.44 bits per heavy atom. The minimum absolute atomic E-state index is 0.280. The van der Waals surface area contributed by atoms with Crippen LogP contribution in [0.2, 0.25) is 0 Å². The number of carbonyl (C=O) groups is 1. The van der Waals surface area contributed by atoms with Crippen LogP contribution in [0.15, 0.2) is 30.3 Å². The molecule has 0 N–H and O–H groups in total. The quantitative estimate of drug-likeness (QED) is 0.793. The van der Waals surface area contributed by atoms with Crippen LogP contribution in [-0.2, 0) is 11.3 Å². The minimum atomic E-state index is 0.280. The van der Waals surface area contributed by atoms with Gasteiger partial charge in [0.1, 0.15) is 0 Å². The first-order chi connectivity index (χ1) is 8.81. The van der Waals surface area contributed by atoms with Crippen molar-refractivity contribution >= 4 is 5.91 Å². The van der Waals surface area contributed by atoms with E-state index < -0.39 is 0 Å². The molecule has 0 radical (unpaired) electrons. The molecule has 0 aromatic heterocycles. The van der Waals surface area contributed by atoms with Gasteiger partial charge in [-0.25, -0.2) is 0 Å². The van der Waals surface area contributed by atoms with Crippen LogP contribution in [0.5, 0.6) is 0 Å². The van der Waals surface area contributed by atoms with Crippen LogP contribution in [0, 0.1) is 5.92 Å². The van der Waals surface area contributed by atoms with Gasteiger partial charge in [-0.15, -0.1) is 0 Å². The van der Waals surface area contributed by atoms with Gasteiger partial charge in [-0.3, -0.25) is 4.79 Å². The Bertz CT molecular complexity index is 368. The van der Waals surface area contributed by atoms with E-state index in [4.69, 9.17) is 0 Å². The van der Waals surface area contributed by atoms with Crippen molar-refractivity contribution in [1.29, 1.82) is 0 Å². The standard InChI is InChI=1S/C16H23NO/c1-2-17(13-14-9-5-3-6-10-14)16(18)15-11-7-4-8-12-15/h3,5-6,9-10,15H,2,4,7-8,11-13H2,1H3. The Labute approximate surface area is 110 Å². The van der Waals surface area contributed by atoms with Crippen LogP contribution in [-0.4, -0.2) is 17.4 Å². The predicted octanol–water partition coefficient (Wildman–Crippen LogP) is 3.62. The van der Waals surface area contributed by atoms with Gasteiger partial charge in [-0.2, -0.15) is 0 Å². The van der Waals surface area contributed by atoms with Crippen molar-refractivity contribution in [2.24, 2.45) is 5.92 Å². The highest BCUT2D eigenvalue weighted by Gasteiger charge is 2.24. The third kappa shape index (κ3) is 3.34. The van der Waals surface area contributed by atoms with Crippen LogP contribution in [0.25, 0.3) is 0 Å². The average molecular weight is 245 g/mol. The lowest BCUT2D eigenvalue weighted by Crippen LogP contribution is -2.36. The molecule has 0 aliphatic heterocycles. The fraction of sp³-hybridized carbons (Fsp3) is 0.562. The monoisotopic (exact) mass is 245 g/mol. The lowest BCUT2D eigenvalue weighted by molar-refractivity contribution is -0.137. The highest BCUT2D eigenvalue weighted by molar-refractivity contribution is 5.78. The van der Waals surface area contributed by atoms with Crippen LogP contribution in [0.3, 0.4) is 0 Å². The van der Waals surface area contributed by atoms with E-state index in [1.54, 1.807) is 0 Å². The predicted molar refractivity (Wildman–Crippen MR) is 74.1 cm³/mol. The normalized spacial score (nSPS) is 16.5. The summed E-state index contributed by atoms with van der Waals surface area (Å²) in [7, 11) is 0. The van der Waals surface area contributed by atoms with E-state index in [0.717, 1.165) is 25.9 Å². The summed E-state index contributed by atoms with van der Waals surface area (Å²) in [6.45, 7) is 3.64. The maximum absolute atomic E-state index is 12.5. The van der Waals surface area contributed by atoms with E-state index in [1.165, 1.54) is 24.8 Å². The molecule has 0 spiro atoms. The average Bonchev–Trinajstić information content (AvgIpc) is 2.46. The Hall–Kier alpha value is -1.31. The second-order valence-corrected chi connectivity index (χ2v) is 5.17. The van der Waals surface area contributed by atoms with E-state index in [2.05, 4.69) is 19.1 Å². The third-order valence-electron chi connectivity index (χ3n) is 3.86. The molecule has 0 bridgehead atoms. The lowest BCUT2D eigenvalue weighted by Gasteiger charge is -2.28. The molecule has 0 unspecified atom stereocenters. The molecule has 1 aromatic carbocycles. The van der Waals surface area contributed by atoms with Crippen molar-refractivity contribution in [3.63, 3.8) is 0 Å². The topological polar surface area (TPSA) is 20.3 Å². The molecule has 2 heteroatoms. The van der Waals surface area contributed by atoms with Gasteiger partial charge in [0.15, 0.2) is 0 Å². The molecule has 1 fully saturated rings. The van der Waals surface area contributed by atoms with Crippen molar-refractivity contribution < 1.29 is 4.79 Å². The van der Waals surface area contributed by atoms with Gasteiger partial charge in [0.05, 0.1) is 0 Å². The number of hydrogen-bond donors (Lipinski definition) is 0. The zero-order valence-electron chi connectivity index (χ0n) is 11.3. The zero-order valence-corrected chi connectivity index (χ0v) is 11.3. The number of nitrogens with zero attached hydrogens (tertiary/aromatic N) is 1. The fourth-order valence-electron chi connectivity index (χ4n) is 2.76. The first kappa shape index (κ1) is 13.1. The minimum Gasteiger partial charge on any atom is -0.338 e. The molecule has 98 valence electrons. The molecular formula is C16H23NO. The first-order valence-electron chi connectivity index (χ1n) is 7.14. The number of hydrogen-bond acceptors (Lipinski definition) is 1. The van der Waals surface area contributed by atoms with Crippen LogP contribution in [0.1, 0.15) is 44.6 Å². The molecule has 18 heavy (non-hydrogen) atoms. The summed E-state index contributed by atoms with van der Waals surface area (Å²) in [6, 6.07) is 10.3. The van der Waals surface area contributed by atoms with Gasteiger partial charge in [0.2, 0.25) is 5.91 Å². The fourth-order valence-corrected chi connectivity index (χ4v) is 2.76. The third-order valence-corrected chi connectivity index (χ3v) is 3.86. The number of carbonyl (C=O) groups excluding carboxylic acids is 1. The molecule has 0 heterocycles. The molecule has 0 saturated heterocycles. The summed E-state index contributed by atoms with van der Waals surface area (Å²) in [6.07, 6.45) is 5.92. The Morgan fingerprint density at radius 2 is 1.83 bits per heavy atom. The molecule has 2 rings (SSSR count). The molecular weight excluding hydrogens is 222 g/mol. The van der Waals surface area contributed by atoms with Crippen LogP contribution >= 0.6 is 0 Å². The highest BCUT2D eigenvalue weighted by Crippen LogP contribution is 2.25. The molecule has 0 atom stereocenters. The number of benzene rings is 1. The smallest absolute Gasteiger partial charge is 0.225 e. The van der Waals surface area contributed by atoms with Crippen molar-refractivity contribution in [3.05, 3.63) is 35.9 Å². The van der Waals surface area contributed by atoms with Crippen molar-refractivity contribution in [3.8, 4) is 0 Å². The van der Waals surface area contributed by atoms with E-state index in [-0.39, 0.29) is 5.92 Å². The van der Waals surface area contributed by atoms with Gasteiger partial charge in [-0.1, -0.05) is 49.6 Å². The Morgan fingerprint density at radius 1 is 1.17 bits per heavy atom. The summed E-state index contributed by atoms with van der Waals surface area (Å²) < 4.78 is 0. The van der Waals surface area contributed by atoms with E-state index in [9.17, 15) is 4.79 Å². The molecule has 2 nitrogen and oxygen atoms in total. The van der Waals surface area contributed by atoms with Gasteiger partial charge in [0, 0.05) is 19.0 Å². The summed E-state index contributed by atoms with van der Waals surface area (Å²) in [5.41, 5.74) is 1.23. The van der Waals surface area contributed by atoms with Crippen molar-refractivity contribution in [1.82, 2.24) is 4.90 Å². The second-order valence-electron chi connectivity index (χ2n) is 5.17. The van der Waals surface area contributed by atoms with Gasteiger partial charge in [0.25, 0.3) is 0 Å². The zero-order chi connectivity index (χ0) is 12.8. The van der Waals surface area contributed by atoms with Gasteiger partial charge in [-0.05, 0) is 25.3 Å². The molecule has 1 aliphatic carbocycles. The van der Waals surface area contributed by atoms with E-state index in [0.29, 0.717) is 5.91 Å². The largest absolute Gasteiger partial charge is 0.338 e. The first-order valence-corrected chi connectivity index (χ1v) is 7.14. The summed E-state index contributed by atoms with van der Waals surface area (Å²) in [4.78, 5) is 14.5. The number of rotatable bonds is 4. The van der Waals surface area contributed by atoms with E-state index in [1.807, 2.05) is 23.1 Å². The maximum atomic E-state index is 12.5. The summed E-state index contributed by atoms with van der Waals surface area (Å²) in [5, 5.41) is 0. The van der Waals surface area contributed by atoms with Crippen LogP contribution in [0.4, 0.5) is 0 Å². The summed E-state index contributed by atoms with van der Waals surface area (Å²) >= 11 is 0. The molecule has 1 amide bonds. The van der Waals surface area contributed by atoms with Gasteiger partial charge < -0.3 is 4.90 Å². The summed E-state index contributed by atoms with van der Waals surface area (Å²) in [5.74, 6) is 0.642. The second kappa shape index (κ2) is 6.58.